The van der Waals surface area contributed by atoms with Crippen LogP contribution in [0.5, 0.6) is 0 Å². The minimum Gasteiger partial charge on any atom is -0.394 e. The lowest BCUT2D eigenvalue weighted by Crippen LogP contribution is -2.68. The van der Waals surface area contributed by atoms with Crippen LogP contribution in [0.2, 0.25) is 0 Å². The summed E-state index contributed by atoms with van der Waals surface area (Å²) in [4.78, 5) is 0. The van der Waals surface area contributed by atoms with Crippen molar-refractivity contribution in [3.8, 4) is 0 Å². The summed E-state index contributed by atoms with van der Waals surface area (Å²) in [5, 5.41) is 209. The lowest BCUT2D eigenvalue weighted by Gasteiger charge is -2.49. The van der Waals surface area contributed by atoms with E-state index in [-0.39, 0.29) is 0 Å². The Balaban J connectivity index is 1.06. The van der Waals surface area contributed by atoms with Gasteiger partial charge in [-0.1, -0.05) is 0 Å². The summed E-state index contributed by atoms with van der Waals surface area (Å²) in [6.07, 6.45) is -56.5. The van der Waals surface area contributed by atoms with E-state index in [9.17, 15) is 102 Å². The Kier molecular flexibility index (Phi) is 19.4. The van der Waals surface area contributed by atoms with Crippen molar-refractivity contribution in [3.63, 3.8) is 0 Å². The van der Waals surface area contributed by atoms with E-state index < -0.39 is 224 Å². The van der Waals surface area contributed by atoms with Crippen LogP contribution >= 0.6 is 0 Å². The molecule has 6 rings (SSSR count). The molecule has 0 spiro atoms. The number of rotatable bonds is 16. The fourth-order valence-electron chi connectivity index (χ4n) is 8.44. The molecule has 0 saturated carbocycles. The molecule has 392 valence electrons. The normalized spacial score (nSPS) is 53.4. The minimum atomic E-state index is -2.17. The Labute approximate surface area is 378 Å². The zero-order valence-electron chi connectivity index (χ0n) is 35.0. The van der Waals surface area contributed by atoms with Gasteiger partial charge in [0.15, 0.2) is 37.7 Å². The molecule has 0 amide bonds. The van der Waals surface area contributed by atoms with Gasteiger partial charge < -0.3 is 154 Å². The van der Waals surface area contributed by atoms with Crippen LogP contribution < -0.4 is 0 Å². The fourth-order valence-corrected chi connectivity index (χ4v) is 8.44. The maximum Gasteiger partial charge on any atom is 0.189 e. The summed E-state index contributed by atoms with van der Waals surface area (Å²) in [5.41, 5.74) is 0. The minimum absolute atomic E-state index is 0.828. The van der Waals surface area contributed by atoms with E-state index in [4.69, 9.17) is 52.1 Å². The molecule has 30 atom stereocenters. The van der Waals surface area contributed by atoms with Gasteiger partial charge in [0.05, 0.1) is 39.6 Å². The average molecular weight is 991 g/mol. The number of ether oxygens (including phenoxy) is 11. The van der Waals surface area contributed by atoms with Crippen molar-refractivity contribution in [1.29, 1.82) is 0 Å². The maximum absolute atomic E-state index is 11.2. The van der Waals surface area contributed by atoms with Gasteiger partial charge in [-0.25, -0.2) is 0 Å². The van der Waals surface area contributed by atoms with Crippen LogP contribution in [-0.2, 0) is 52.1 Å². The highest BCUT2D eigenvalue weighted by Gasteiger charge is 2.57. The zero-order valence-corrected chi connectivity index (χ0v) is 35.0. The van der Waals surface area contributed by atoms with Gasteiger partial charge in [0.1, 0.15) is 146 Å². The molecule has 0 bridgehead atoms. The summed E-state index contributed by atoms with van der Waals surface area (Å²) in [6, 6.07) is 0. The Morgan fingerprint density at radius 2 is 0.388 bits per heavy atom. The second kappa shape index (κ2) is 23.5. The van der Waals surface area contributed by atoms with Gasteiger partial charge in [-0.15, -0.1) is 0 Å². The van der Waals surface area contributed by atoms with E-state index in [0.717, 1.165) is 0 Å². The molecule has 31 heteroatoms. The van der Waals surface area contributed by atoms with Crippen molar-refractivity contribution < 1.29 is 154 Å². The topological polar surface area (TPSA) is 506 Å². The molecule has 6 aliphatic heterocycles. The maximum atomic E-state index is 11.2. The van der Waals surface area contributed by atoms with Gasteiger partial charge in [0, 0.05) is 0 Å². The van der Waals surface area contributed by atoms with Crippen molar-refractivity contribution in [3.05, 3.63) is 0 Å². The summed E-state index contributed by atoms with van der Waals surface area (Å²) >= 11 is 0. The van der Waals surface area contributed by atoms with E-state index in [1.807, 2.05) is 0 Å². The summed E-state index contributed by atoms with van der Waals surface area (Å²) in [7, 11) is 0. The smallest absolute Gasteiger partial charge is 0.189 e. The van der Waals surface area contributed by atoms with Crippen LogP contribution in [0.1, 0.15) is 0 Å². The Morgan fingerprint density at radius 3 is 0.597 bits per heavy atom. The highest BCUT2D eigenvalue weighted by Crippen LogP contribution is 2.36. The quantitative estimate of drug-likeness (QED) is 0.0683. The van der Waals surface area contributed by atoms with Crippen LogP contribution in [0.25, 0.3) is 0 Å². The molecule has 6 saturated heterocycles. The molecule has 6 heterocycles. The van der Waals surface area contributed by atoms with Crippen LogP contribution in [0, 0.1) is 0 Å². The first-order valence-corrected chi connectivity index (χ1v) is 21.1. The Morgan fingerprint density at radius 1 is 0.209 bits per heavy atom. The van der Waals surface area contributed by atoms with E-state index in [0.29, 0.717) is 0 Å². The molecule has 0 aromatic heterocycles. The average Bonchev–Trinajstić information content (AvgIpc) is 3.32. The van der Waals surface area contributed by atoms with Crippen LogP contribution in [0.4, 0.5) is 0 Å². The van der Waals surface area contributed by atoms with Gasteiger partial charge in [-0.3, -0.25) is 0 Å². The fraction of sp³-hybridized carbons (Fsp3) is 1.00. The van der Waals surface area contributed by atoms with Gasteiger partial charge in [0.25, 0.3) is 0 Å². The third-order valence-corrected chi connectivity index (χ3v) is 12.4. The molecule has 0 radical (unpaired) electrons. The van der Waals surface area contributed by atoms with E-state index in [1.165, 1.54) is 0 Å². The molecule has 20 N–H and O–H groups in total. The number of hydrogen-bond donors (Lipinski definition) is 20. The molecule has 6 fully saturated rings. The lowest BCUT2D eigenvalue weighted by atomic mass is 9.95. The molecule has 0 aromatic rings. The molecular weight excluding hydrogens is 928 g/mol. The highest BCUT2D eigenvalue weighted by molar-refractivity contribution is 4.99. The summed E-state index contributed by atoms with van der Waals surface area (Å²) < 4.78 is 60.6. The summed E-state index contributed by atoms with van der Waals surface area (Å²) in [5.74, 6) is 0. The van der Waals surface area contributed by atoms with Gasteiger partial charge in [0.2, 0.25) is 0 Å². The summed E-state index contributed by atoms with van der Waals surface area (Å²) in [6.45, 7) is -5.64. The second-order valence-electron chi connectivity index (χ2n) is 16.8. The Hall–Kier alpha value is -1.24. The Bertz CT molecular complexity index is 1500. The molecule has 0 unspecified atom stereocenters. The predicted octanol–water partition coefficient (Wildman–Crippen LogP) is -14.1. The molecule has 67 heavy (non-hydrogen) atoms. The third kappa shape index (κ3) is 11.2. The third-order valence-electron chi connectivity index (χ3n) is 12.4. The van der Waals surface area contributed by atoms with Crippen molar-refractivity contribution in [2.24, 2.45) is 0 Å². The monoisotopic (exact) mass is 990 g/mol. The molecule has 0 aromatic carbocycles. The molecule has 0 aliphatic carbocycles. The first kappa shape index (κ1) is 55.1. The largest absolute Gasteiger partial charge is 0.394 e. The van der Waals surface area contributed by atoms with Crippen LogP contribution in [0.3, 0.4) is 0 Å². The van der Waals surface area contributed by atoms with Crippen molar-refractivity contribution >= 4 is 0 Å². The van der Waals surface area contributed by atoms with E-state index in [1.54, 1.807) is 0 Å². The van der Waals surface area contributed by atoms with Crippen molar-refractivity contribution in [2.45, 2.75) is 184 Å². The number of aliphatic hydroxyl groups is 20. The molecular formula is C36H62O31. The predicted molar refractivity (Wildman–Crippen MR) is 199 cm³/mol. The van der Waals surface area contributed by atoms with E-state index >= 15 is 0 Å². The van der Waals surface area contributed by atoms with Crippen molar-refractivity contribution in [1.82, 2.24) is 0 Å². The zero-order chi connectivity index (χ0) is 49.3. The number of hydrogen-bond acceptors (Lipinski definition) is 31. The molecule has 31 nitrogen and oxygen atoms in total. The highest BCUT2D eigenvalue weighted by atomic mass is 16.8. The van der Waals surface area contributed by atoms with Gasteiger partial charge >= 0.3 is 0 Å². The standard InChI is InChI=1S/C36H62O31/c37-1-7-13(43)15(45)21(51)31(57-7)63-27-9(3-39)59-32(23(53)17(27)47)64-28-10(4-40)60-33(24(54)18(28)48)65-29-11(5-41)61-34(25(55)19(29)49)66-30-12(6-42)62-36(26(56)20(30)50)67-35-22(52)16(46)14(44)8(2-38)58-35/h7-56H,1-6H2/t7-,8-,9-,10-,11-,12-,13-,14-,15+,16+,17-,18-,19-,20-,21-,22-,23-,24-,25-,26-,27-,28-,29-,30-,31-,32-,33-,34-,35-,36-/m1/s1. The first-order chi connectivity index (χ1) is 31.8. The van der Waals surface area contributed by atoms with Crippen LogP contribution in [-0.4, -0.2) is 326 Å². The van der Waals surface area contributed by atoms with Gasteiger partial charge in [-0.05, 0) is 0 Å². The second-order valence-corrected chi connectivity index (χ2v) is 16.8. The van der Waals surface area contributed by atoms with Crippen LogP contribution in [0.15, 0.2) is 0 Å². The molecule has 6 aliphatic rings. The first-order valence-electron chi connectivity index (χ1n) is 21.1. The van der Waals surface area contributed by atoms with Gasteiger partial charge in [-0.2, -0.15) is 0 Å². The van der Waals surface area contributed by atoms with E-state index in [2.05, 4.69) is 0 Å². The van der Waals surface area contributed by atoms with Crippen molar-refractivity contribution in [2.75, 3.05) is 39.6 Å². The lowest BCUT2D eigenvalue weighted by molar-refractivity contribution is -0.400. The SMILES string of the molecule is OC[C@H]1O[C@H](O[C@H]2O[C@H](CO)[C@@H](O[C@H]3O[C@H](CO)[C@@H](O[C@H]4O[C@H](CO)[C@@H](O[C@H]5O[C@H](CO)[C@@H](O[C@H]6O[C@H](CO)[C@@H](O)[C@H](O)[C@H]6O)[C@H](O)[C@H]5O)[C@H](O)[C@H]4O)[C@H](O)[C@H]3O)[C@H](O)[C@H]2O)[C@H](O)[C@@H](O)[C@@H]1O. The number of aliphatic hydroxyl groups excluding tert-OH is 20.